The molecule has 2 atom stereocenters. The van der Waals surface area contributed by atoms with Crippen LogP contribution in [0.25, 0.3) is 11.1 Å². The van der Waals surface area contributed by atoms with Crippen molar-refractivity contribution in [1.82, 2.24) is 0 Å². The molecule has 8 fully saturated rings. The molecular weight excluding hydrogens is 705 g/mol. The van der Waals surface area contributed by atoms with Crippen molar-refractivity contribution in [2.45, 2.75) is 108 Å². The molecule has 2 unspecified atom stereocenters. The molecule has 1 radical (unpaired) electrons. The zero-order valence-corrected chi connectivity index (χ0v) is 33.5. The Labute approximate surface area is 327 Å². The molecule has 12 rings (SSSR count). The van der Waals surface area contributed by atoms with Crippen LogP contribution in [0, 0.1) is 47.3 Å². The van der Waals surface area contributed by atoms with Gasteiger partial charge in [0.1, 0.15) is 11.4 Å². The molecule has 8 aliphatic carbocycles. The third-order valence-electron chi connectivity index (χ3n) is 15.9. The smallest absolute Gasteiger partial charge is 0.344 e. The fourth-order valence-corrected chi connectivity index (χ4v) is 16.5. The maximum atomic E-state index is 14.5. The highest BCUT2D eigenvalue weighted by molar-refractivity contribution is 6.99. The lowest BCUT2D eigenvalue weighted by molar-refractivity contribution is -0.263. The van der Waals surface area contributed by atoms with Gasteiger partial charge in [0.25, 0.3) is 0 Å². The number of aliphatic hydroxyl groups excluding tert-OH is 1. The van der Waals surface area contributed by atoms with Crippen molar-refractivity contribution in [2.24, 2.45) is 47.3 Å². The SMILES string of the molecule is COc1ccc([Si]2c3ccccc3-c3ccccc32)cc1C(CC(O)OC1(C)C2CC3CC(C2)CC1C3)C(=O)OCC(=O)OC1(C)C2CC3CC(C2)CC1C3. The average molecular weight is 760 g/mol. The minimum absolute atomic E-state index is 0.00449. The summed E-state index contributed by atoms with van der Waals surface area (Å²) in [5.41, 5.74) is 2.19. The van der Waals surface area contributed by atoms with E-state index in [0.717, 1.165) is 80.2 Å². The molecule has 3 aromatic rings. The number of aliphatic hydroxyl groups is 1. The van der Waals surface area contributed by atoms with Crippen LogP contribution in [0.15, 0.2) is 66.7 Å². The summed E-state index contributed by atoms with van der Waals surface area (Å²) in [5, 5.41) is 15.6. The Morgan fingerprint density at radius 3 is 1.76 bits per heavy atom. The number of fused-ring (bicyclic) bond motifs is 3. The van der Waals surface area contributed by atoms with E-state index >= 15 is 0 Å². The number of benzene rings is 3. The number of carbonyl (C=O) groups excluding carboxylic acids is 2. The van der Waals surface area contributed by atoms with Crippen molar-refractivity contribution in [2.75, 3.05) is 13.7 Å². The lowest BCUT2D eigenvalue weighted by Crippen LogP contribution is -2.58. The normalized spacial score (nSPS) is 35.9. The van der Waals surface area contributed by atoms with Crippen molar-refractivity contribution in [3.63, 3.8) is 0 Å². The second-order valence-electron chi connectivity index (χ2n) is 18.8. The second-order valence-corrected chi connectivity index (χ2v) is 21.2. The van der Waals surface area contributed by atoms with Crippen LogP contribution < -0.4 is 20.3 Å². The van der Waals surface area contributed by atoms with Crippen LogP contribution in [0.1, 0.15) is 96.0 Å². The highest BCUT2D eigenvalue weighted by Crippen LogP contribution is 2.61. The molecule has 0 saturated heterocycles. The summed E-state index contributed by atoms with van der Waals surface area (Å²) in [6.07, 6.45) is 10.5. The summed E-state index contributed by atoms with van der Waals surface area (Å²) in [7, 11) is 0.201. The van der Waals surface area contributed by atoms with Gasteiger partial charge in [-0.15, -0.1) is 0 Å². The maximum absolute atomic E-state index is 14.5. The van der Waals surface area contributed by atoms with E-state index in [2.05, 4.69) is 74.5 Å². The standard InChI is InChI=1S/C47H55O7Si/c1-46(31-16-27-14-28(18-31)19-32(46)17-27)53-43(48)25-39(45(50)52-26-44(49)54-47(2)33-20-29-15-30(22-33)23-34(47)21-29)38-24-35(12-13-40(38)51-3)55-41-10-6-4-8-36(41)37-9-5-7-11-42(37)55/h4-13,24,27-34,39,43,48H,14-23,25-26H2,1-3H3. The Morgan fingerprint density at radius 2 is 1.24 bits per heavy atom. The van der Waals surface area contributed by atoms with E-state index in [-0.39, 0.29) is 6.42 Å². The quantitative estimate of drug-likeness (QED) is 0.106. The number of ether oxygens (including phenoxy) is 4. The van der Waals surface area contributed by atoms with Crippen LogP contribution in [0.2, 0.25) is 0 Å². The topological polar surface area (TPSA) is 91.3 Å². The molecule has 9 aliphatic rings. The predicted molar refractivity (Wildman–Crippen MR) is 212 cm³/mol. The van der Waals surface area contributed by atoms with Crippen molar-refractivity contribution in [3.8, 4) is 16.9 Å². The van der Waals surface area contributed by atoms with Gasteiger partial charge in [-0.3, -0.25) is 4.79 Å². The summed E-state index contributed by atoms with van der Waals surface area (Å²) in [5.74, 6) is 3.14. The molecule has 1 heterocycles. The number of carbonyl (C=O) groups is 2. The first-order valence-electron chi connectivity index (χ1n) is 21.1. The largest absolute Gasteiger partial charge is 0.496 e. The van der Waals surface area contributed by atoms with Gasteiger partial charge in [-0.2, -0.15) is 0 Å². The Balaban J connectivity index is 0.938. The van der Waals surface area contributed by atoms with E-state index in [1.54, 1.807) is 7.11 Å². The van der Waals surface area contributed by atoms with E-state index in [0.29, 0.717) is 35.0 Å². The molecule has 7 nitrogen and oxygen atoms in total. The molecule has 8 saturated carbocycles. The lowest BCUT2D eigenvalue weighted by Gasteiger charge is -2.60. The van der Waals surface area contributed by atoms with Gasteiger partial charge in [0, 0.05) is 12.0 Å². The first kappa shape index (κ1) is 35.9. The number of esters is 2. The van der Waals surface area contributed by atoms with Crippen LogP contribution in [0.4, 0.5) is 0 Å². The fraction of sp³-hybridized carbons (Fsp3) is 0.574. The van der Waals surface area contributed by atoms with Crippen LogP contribution in [-0.4, -0.2) is 57.1 Å². The van der Waals surface area contributed by atoms with Gasteiger partial charge in [0.05, 0.1) is 18.6 Å². The van der Waals surface area contributed by atoms with Crippen molar-refractivity contribution in [3.05, 3.63) is 72.3 Å². The third kappa shape index (κ3) is 6.03. The van der Waals surface area contributed by atoms with Crippen molar-refractivity contribution in [1.29, 1.82) is 0 Å². The first-order valence-corrected chi connectivity index (χ1v) is 22.6. The van der Waals surface area contributed by atoms with Crippen LogP contribution in [-0.2, 0) is 23.8 Å². The van der Waals surface area contributed by atoms with Crippen LogP contribution >= 0.6 is 0 Å². The highest BCUT2D eigenvalue weighted by Gasteiger charge is 2.58. The zero-order chi connectivity index (χ0) is 37.6. The number of rotatable bonds is 11. The first-order chi connectivity index (χ1) is 26.6. The minimum Gasteiger partial charge on any atom is -0.496 e. The summed E-state index contributed by atoms with van der Waals surface area (Å²) in [6, 6.07) is 23.3. The van der Waals surface area contributed by atoms with Gasteiger partial charge >= 0.3 is 11.9 Å². The van der Waals surface area contributed by atoms with Crippen LogP contribution in [0.5, 0.6) is 5.75 Å². The van der Waals surface area contributed by atoms with E-state index in [9.17, 15) is 14.7 Å². The number of hydrogen-bond donors (Lipinski definition) is 1. The summed E-state index contributed by atoms with van der Waals surface area (Å²) in [4.78, 5) is 28.0. The fourth-order valence-electron chi connectivity index (χ4n) is 13.5. The molecule has 0 amide bonds. The molecule has 0 aromatic heterocycles. The molecule has 8 bridgehead atoms. The number of methoxy groups -OCH3 is 1. The molecule has 8 heteroatoms. The van der Waals surface area contributed by atoms with E-state index in [1.807, 2.05) is 6.07 Å². The summed E-state index contributed by atoms with van der Waals surface area (Å²) >= 11 is 0. The Bertz CT molecular complexity index is 1890. The van der Waals surface area contributed by atoms with Gasteiger partial charge in [-0.05, 0) is 153 Å². The van der Waals surface area contributed by atoms with Crippen LogP contribution in [0.3, 0.4) is 0 Å². The van der Waals surface area contributed by atoms with Gasteiger partial charge in [0.15, 0.2) is 21.7 Å². The maximum Gasteiger partial charge on any atom is 0.344 e. The zero-order valence-electron chi connectivity index (χ0n) is 32.5. The third-order valence-corrected chi connectivity index (χ3v) is 18.7. The van der Waals surface area contributed by atoms with E-state index < -0.39 is 50.8 Å². The lowest BCUT2D eigenvalue weighted by atomic mass is 9.50. The monoisotopic (exact) mass is 759 g/mol. The molecule has 3 aromatic carbocycles. The van der Waals surface area contributed by atoms with Gasteiger partial charge < -0.3 is 24.1 Å². The molecule has 289 valence electrons. The van der Waals surface area contributed by atoms with E-state index in [1.165, 1.54) is 34.3 Å². The van der Waals surface area contributed by atoms with Crippen molar-refractivity contribution < 1.29 is 33.6 Å². The summed E-state index contributed by atoms with van der Waals surface area (Å²) in [6.45, 7) is 3.84. The molecule has 55 heavy (non-hydrogen) atoms. The molecule has 1 aliphatic heterocycles. The molecule has 1 N–H and O–H groups in total. The van der Waals surface area contributed by atoms with Gasteiger partial charge in [-0.25, -0.2) is 4.79 Å². The molecule has 0 spiro atoms. The Hall–Kier alpha value is -3.46. The van der Waals surface area contributed by atoms with Crippen molar-refractivity contribution >= 4 is 36.3 Å². The average Bonchev–Trinajstić information content (AvgIpc) is 3.51. The van der Waals surface area contributed by atoms with Gasteiger partial charge in [0.2, 0.25) is 0 Å². The predicted octanol–water partition coefficient (Wildman–Crippen LogP) is 6.52. The summed E-state index contributed by atoms with van der Waals surface area (Å²) < 4.78 is 24.9. The van der Waals surface area contributed by atoms with E-state index in [4.69, 9.17) is 18.9 Å². The molecular formula is C47H55O7Si. The minimum atomic E-state index is -1.41. The Kier molecular flexibility index (Phi) is 8.87. The highest BCUT2D eigenvalue weighted by atomic mass is 28.3. The van der Waals surface area contributed by atoms with Gasteiger partial charge in [-0.1, -0.05) is 65.9 Å². The number of hydrogen-bond acceptors (Lipinski definition) is 7. The Morgan fingerprint density at radius 1 is 0.727 bits per heavy atom. The second kappa shape index (κ2) is 13.6.